The van der Waals surface area contributed by atoms with Crippen molar-refractivity contribution in [2.45, 2.75) is 64.1 Å². The van der Waals surface area contributed by atoms with Crippen molar-refractivity contribution in [2.75, 3.05) is 24.2 Å². The number of ether oxygens (including phenoxy) is 1. The van der Waals surface area contributed by atoms with E-state index in [1.54, 1.807) is 37.3 Å². The van der Waals surface area contributed by atoms with Gasteiger partial charge in [0.25, 0.3) is 0 Å². The molecule has 0 unspecified atom stereocenters. The molecule has 0 bridgehead atoms. The van der Waals surface area contributed by atoms with Crippen LogP contribution in [0.5, 0.6) is 5.75 Å². The molecule has 1 saturated carbocycles. The summed E-state index contributed by atoms with van der Waals surface area (Å²) in [6, 6.07) is 13.5. The first-order valence-corrected chi connectivity index (χ1v) is 14.8. The van der Waals surface area contributed by atoms with Crippen LogP contribution in [0.2, 0.25) is 5.02 Å². The van der Waals surface area contributed by atoms with Gasteiger partial charge < -0.3 is 15.0 Å². The van der Waals surface area contributed by atoms with Crippen molar-refractivity contribution in [1.29, 1.82) is 0 Å². The number of nitrogens with zero attached hydrogens (tertiary/aromatic N) is 2. The number of halogens is 1. The highest BCUT2D eigenvalue weighted by Crippen LogP contribution is 2.30. The Bertz CT molecular complexity index is 1180. The molecule has 0 aromatic heterocycles. The number of benzene rings is 2. The molecule has 2 aromatic rings. The van der Waals surface area contributed by atoms with Crippen LogP contribution in [0.15, 0.2) is 48.5 Å². The van der Waals surface area contributed by atoms with E-state index in [0.717, 1.165) is 37.5 Å². The van der Waals surface area contributed by atoms with Gasteiger partial charge in [-0.1, -0.05) is 54.8 Å². The Morgan fingerprint density at radius 3 is 2.41 bits per heavy atom. The van der Waals surface area contributed by atoms with Gasteiger partial charge in [-0.25, -0.2) is 8.42 Å². The van der Waals surface area contributed by atoms with Crippen molar-refractivity contribution >= 4 is 39.1 Å². The minimum Gasteiger partial charge on any atom is -0.495 e. The average Bonchev–Trinajstić information content (AvgIpc) is 3.38. The molecule has 2 aromatic carbocycles. The Morgan fingerprint density at radius 2 is 1.76 bits per heavy atom. The van der Waals surface area contributed by atoms with Gasteiger partial charge in [0.2, 0.25) is 21.8 Å². The van der Waals surface area contributed by atoms with Gasteiger partial charge in [-0.05, 0) is 49.9 Å². The van der Waals surface area contributed by atoms with E-state index < -0.39 is 16.1 Å². The molecule has 2 amide bonds. The zero-order valence-corrected chi connectivity index (χ0v) is 23.2. The lowest BCUT2D eigenvalue weighted by atomic mass is 10.1. The minimum absolute atomic E-state index is 0.0622. The summed E-state index contributed by atoms with van der Waals surface area (Å²) >= 11 is 6.36. The van der Waals surface area contributed by atoms with E-state index in [4.69, 9.17) is 16.3 Å². The molecular weight excluding hydrogens is 514 g/mol. The third-order valence-corrected chi connectivity index (χ3v) is 8.22. The van der Waals surface area contributed by atoms with Gasteiger partial charge in [0.05, 0.1) is 19.1 Å². The van der Waals surface area contributed by atoms with Gasteiger partial charge in [-0.15, -0.1) is 0 Å². The largest absolute Gasteiger partial charge is 0.495 e. The molecule has 1 fully saturated rings. The molecule has 1 N–H and O–H groups in total. The molecule has 37 heavy (non-hydrogen) atoms. The predicted octanol–water partition coefficient (Wildman–Crippen LogP) is 4.37. The molecule has 0 radical (unpaired) electrons. The van der Waals surface area contributed by atoms with E-state index in [1.807, 2.05) is 18.2 Å². The molecular formula is C27H36ClN3O5S. The molecule has 0 spiro atoms. The van der Waals surface area contributed by atoms with Crippen LogP contribution in [0, 0.1) is 0 Å². The number of para-hydroxylation sites is 2. The summed E-state index contributed by atoms with van der Waals surface area (Å²) in [4.78, 5) is 28.0. The second kappa shape index (κ2) is 13.1. The lowest BCUT2D eigenvalue weighted by Gasteiger charge is -2.30. The number of carbonyl (C=O) groups is 2. The summed E-state index contributed by atoms with van der Waals surface area (Å²) < 4.78 is 31.7. The maximum absolute atomic E-state index is 13.4. The summed E-state index contributed by atoms with van der Waals surface area (Å²) in [6.45, 7) is 1.99. The van der Waals surface area contributed by atoms with Crippen molar-refractivity contribution in [3.8, 4) is 5.75 Å². The highest BCUT2D eigenvalue weighted by molar-refractivity contribution is 7.92. The van der Waals surface area contributed by atoms with Crippen LogP contribution in [-0.2, 0) is 26.2 Å². The molecule has 10 heteroatoms. The summed E-state index contributed by atoms with van der Waals surface area (Å²) in [6.07, 6.45) is 5.52. The maximum atomic E-state index is 13.4. The number of sulfonamides is 1. The van der Waals surface area contributed by atoms with E-state index in [-0.39, 0.29) is 43.8 Å². The number of anilines is 1. The van der Waals surface area contributed by atoms with Crippen LogP contribution in [0.4, 0.5) is 5.69 Å². The number of hydrogen-bond donors (Lipinski definition) is 1. The molecule has 0 saturated heterocycles. The lowest BCUT2D eigenvalue weighted by molar-refractivity contribution is -0.140. The summed E-state index contributed by atoms with van der Waals surface area (Å²) in [5, 5.41) is 3.59. The van der Waals surface area contributed by atoms with Crippen LogP contribution in [0.3, 0.4) is 0 Å². The van der Waals surface area contributed by atoms with Crippen molar-refractivity contribution in [1.82, 2.24) is 10.2 Å². The fourth-order valence-electron chi connectivity index (χ4n) is 4.60. The zero-order chi connectivity index (χ0) is 27.0. The van der Waals surface area contributed by atoms with Gasteiger partial charge >= 0.3 is 0 Å². The van der Waals surface area contributed by atoms with Gasteiger partial charge in [0.1, 0.15) is 11.8 Å². The Hall–Kier alpha value is -2.78. The first-order valence-electron chi connectivity index (χ1n) is 12.6. The summed E-state index contributed by atoms with van der Waals surface area (Å²) in [5.41, 5.74) is 1.15. The van der Waals surface area contributed by atoms with Crippen LogP contribution < -0.4 is 14.4 Å². The van der Waals surface area contributed by atoms with Crippen LogP contribution in [0.1, 0.15) is 51.0 Å². The van der Waals surface area contributed by atoms with Gasteiger partial charge in [-0.2, -0.15) is 0 Å². The Balaban J connectivity index is 1.74. The predicted molar refractivity (Wildman–Crippen MR) is 146 cm³/mol. The monoisotopic (exact) mass is 549 g/mol. The molecule has 202 valence electrons. The standard InChI is InChI=1S/C27H36ClN3O5S/c1-20(27(33)29-22-12-5-6-13-22)30(19-21-11-4-7-14-23(21)28)26(32)17-10-18-31(37(3,34)35)24-15-8-9-16-25(24)36-2/h4,7-9,11,14-16,20,22H,5-6,10,12-13,17-19H2,1-3H3,(H,29,33)/t20-/m0/s1. The normalized spacial score (nSPS) is 14.7. The molecule has 1 atom stereocenters. The topological polar surface area (TPSA) is 96.0 Å². The molecule has 1 aliphatic carbocycles. The number of carbonyl (C=O) groups excluding carboxylic acids is 2. The third kappa shape index (κ3) is 7.85. The van der Waals surface area contributed by atoms with Gasteiger partial charge in [-0.3, -0.25) is 13.9 Å². The first kappa shape index (κ1) is 28.8. The highest BCUT2D eigenvalue weighted by atomic mass is 35.5. The van der Waals surface area contributed by atoms with Gasteiger partial charge in [0, 0.05) is 30.6 Å². The summed E-state index contributed by atoms with van der Waals surface area (Å²) in [7, 11) is -2.14. The SMILES string of the molecule is COc1ccccc1N(CCCC(=O)N(Cc1ccccc1Cl)[C@@H](C)C(=O)NC1CCCC1)S(C)(=O)=O. The number of nitrogens with one attached hydrogen (secondary N) is 1. The molecule has 0 aliphatic heterocycles. The summed E-state index contributed by atoms with van der Waals surface area (Å²) in [5.74, 6) is -0.0154. The number of hydrogen-bond acceptors (Lipinski definition) is 5. The van der Waals surface area contributed by atoms with Crippen LogP contribution in [-0.4, -0.2) is 57.1 Å². The first-order chi connectivity index (χ1) is 17.6. The van der Waals surface area contributed by atoms with E-state index in [0.29, 0.717) is 16.5 Å². The van der Waals surface area contributed by atoms with Crippen LogP contribution >= 0.6 is 11.6 Å². The fourth-order valence-corrected chi connectivity index (χ4v) is 5.77. The molecule has 8 nitrogen and oxygen atoms in total. The minimum atomic E-state index is -3.62. The Morgan fingerprint density at radius 1 is 1.11 bits per heavy atom. The second-order valence-corrected chi connectivity index (χ2v) is 11.7. The number of amides is 2. The van der Waals surface area contributed by atoms with Crippen molar-refractivity contribution < 1.29 is 22.7 Å². The smallest absolute Gasteiger partial charge is 0.242 e. The Labute approximate surface area is 225 Å². The number of methoxy groups -OCH3 is 1. The number of rotatable bonds is 12. The maximum Gasteiger partial charge on any atom is 0.242 e. The van der Waals surface area contributed by atoms with Crippen LogP contribution in [0.25, 0.3) is 0 Å². The molecule has 0 heterocycles. The van der Waals surface area contributed by atoms with Crippen molar-refractivity contribution in [3.63, 3.8) is 0 Å². The Kier molecular flexibility index (Phi) is 10.2. The van der Waals surface area contributed by atoms with Gasteiger partial charge in [0.15, 0.2) is 0 Å². The van der Waals surface area contributed by atoms with Crippen molar-refractivity contribution in [2.24, 2.45) is 0 Å². The molecule has 1 aliphatic rings. The van der Waals surface area contributed by atoms with E-state index in [2.05, 4.69) is 5.32 Å². The average molecular weight is 550 g/mol. The third-order valence-electron chi connectivity index (χ3n) is 6.67. The second-order valence-electron chi connectivity index (χ2n) is 9.39. The van der Waals surface area contributed by atoms with Crippen molar-refractivity contribution in [3.05, 3.63) is 59.1 Å². The fraction of sp³-hybridized carbons (Fsp3) is 0.481. The zero-order valence-electron chi connectivity index (χ0n) is 21.7. The highest BCUT2D eigenvalue weighted by Gasteiger charge is 2.29. The molecule has 3 rings (SSSR count). The lowest BCUT2D eigenvalue weighted by Crippen LogP contribution is -2.49. The van der Waals surface area contributed by atoms with E-state index >= 15 is 0 Å². The quantitative estimate of drug-likeness (QED) is 0.424. The van der Waals surface area contributed by atoms with E-state index in [9.17, 15) is 18.0 Å². The van der Waals surface area contributed by atoms with E-state index in [1.165, 1.54) is 16.3 Å².